The predicted octanol–water partition coefficient (Wildman–Crippen LogP) is 1.31. The van der Waals surface area contributed by atoms with Crippen LogP contribution in [0.3, 0.4) is 0 Å². The number of carbonyl (C=O) groups excluding carboxylic acids is 2. The van der Waals surface area contributed by atoms with Gasteiger partial charge in [-0.15, -0.1) is 0 Å². The van der Waals surface area contributed by atoms with E-state index >= 15 is 0 Å². The number of carbonyl (C=O) groups is 3. The summed E-state index contributed by atoms with van der Waals surface area (Å²) in [5.41, 5.74) is 7.28. The van der Waals surface area contributed by atoms with Crippen LogP contribution < -0.4 is 16.4 Å². The maximum Gasteiger partial charge on any atom is 0.326 e. The third kappa shape index (κ3) is 7.80. The molecule has 0 spiro atoms. The number of phenols is 2. The first-order valence-electron chi connectivity index (χ1n) is 10.8. The van der Waals surface area contributed by atoms with E-state index in [1.807, 2.05) is 13.8 Å². The van der Waals surface area contributed by atoms with Gasteiger partial charge in [-0.05, 0) is 41.3 Å². The normalized spacial score (nSPS) is 14.5. The summed E-state index contributed by atoms with van der Waals surface area (Å²) in [6, 6.07) is 9.00. The Morgan fingerprint density at radius 3 is 1.67 bits per heavy atom. The number of hydrogen-bond acceptors (Lipinski definition) is 6. The fourth-order valence-corrected chi connectivity index (χ4v) is 3.20. The largest absolute Gasteiger partial charge is 0.508 e. The van der Waals surface area contributed by atoms with E-state index < -0.39 is 35.9 Å². The van der Waals surface area contributed by atoms with Gasteiger partial charge in [0.1, 0.15) is 23.6 Å². The molecule has 0 saturated heterocycles. The van der Waals surface area contributed by atoms with Crippen LogP contribution in [0.25, 0.3) is 0 Å². The number of phenolic OH excluding ortho intramolecular Hbond substituents is 2. The lowest BCUT2D eigenvalue weighted by Gasteiger charge is -2.24. The molecule has 0 aliphatic heterocycles. The summed E-state index contributed by atoms with van der Waals surface area (Å²) >= 11 is 0. The first-order chi connectivity index (χ1) is 15.6. The number of carboxylic acids is 1. The number of benzene rings is 2. The molecule has 0 aromatic heterocycles. The van der Waals surface area contributed by atoms with Crippen LogP contribution >= 0.6 is 0 Å². The fourth-order valence-electron chi connectivity index (χ4n) is 3.20. The van der Waals surface area contributed by atoms with E-state index in [0.29, 0.717) is 17.5 Å². The van der Waals surface area contributed by atoms with Crippen LogP contribution in [0, 0.1) is 5.92 Å². The average Bonchev–Trinajstić information content (AvgIpc) is 2.79. The maximum atomic E-state index is 13.1. The number of amides is 2. The molecule has 9 heteroatoms. The Morgan fingerprint density at radius 2 is 1.24 bits per heavy atom. The fraction of sp³-hybridized carbons (Fsp3) is 0.375. The van der Waals surface area contributed by atoms with Crippen LogP contribution in [0.4, 0.5) is 0 Å². The summed E-state index contributed by atoms with van der Waals surface area (Å²) in [6.45, 7) is 3.73. The van der Waals surface area contributed by atoms with Crippen molar-refractivity contribution in [2.45, 2.75) is 51.2 Å². The molecule has 33 heavy (non-hydrogen) atoms. The zero-order valence-corrected chi connectivity index (χ0v) is 18.7. The SMILES string of the molecule is CC[C@@H](C)[C@H](N)C(=O)N[C@@H](Cc1ccc(O)cc1)C(=O)N[C@@H](Cc1ccc(O)cc1)C(=O)O. The zero-order chi connectivity index (χ0) is 24.5. The molecular weight excluding hydrogens is 426 g/mol. The molecule has 2 aromatic carbocycles. The van der Waals surface area contributed by atoms with E-state index in [9.17, 15) is 29.7 Å². The van der Waals surface area contributed by atoms with Gasteiger partial charge in [-0.2, -0.15) is 0 Å². The Hall–Kier alpha value is -3.59. The lowest BCUT2D eigenvalue weighted by molar-refractivity contribution is -0.142. The number of nitrogens with two attached hydrogens (primary N) is 1. The summed E-state index contributed by atoms with van der Waals surface area (Å²) in [5.74, 6) is -2.41. The topological polar surface area (TPSA) is 162 Å². The molecule has 178 valence electrons. The van der Waals surface area contributed by atoms with Crippen LogP contribution in [0.1, 0.15) is 31.4 Å². The number of hydrogen-bond donors (Lipinski definition) is 6. The molecule has 0 unspecified atom stereocenters. The molecular formula is C24H31N3O6. The van der Waals surface area contributed by atoms with Crippen molar-refractivity contribution in [3.8, 4) is 11.5 Å². The highest BCUT2D eigenvalue weighted by Crippen LogP contribution is 2.14. The number of carboxylic acid groups (broad SMARTS) is 1. The lowest BCUT2D eigenvalue weighted by Crippen LogP contribution is -2.56. The van der Waals surface area contributed by atoms with E-state index in [1.54, 1.807) is 24.3 Å². The maximum absolute atomic E-state index is 13.1. The predicted molar refractivity (Wildman–Crippen MR) is 123 cm³/mol. The van der Waals surface area contributed by atoms with Crippen molar-refractivity contribution < 1.29 is 29.7 Å². The van der Waals surface area contributed by atoms with E-state index in [0.717, 1.165) is 0 Å². The first-order valence-corrected chi connectivity index (χ1v) is 10.8. The van der Waals surface area contributed by atoms with E-state index in [4.69, 9.17) is 5.73 Å². The second kappa shape index (κ2) is 11.9. The molecule has 0 fully saturated rings. The van der Waals surface area contributed by atoms with Gasteiger partial charge in [0.05, 0.1) is 6.04 Å². The molecule has 2 aromatic rings. The van der Waals surface area contributed by atoms with Gasteiger partial charge >= 0.3 is 5.97 Å². The van der Waals surface area contributed by atoms with E-state index in [2.05, 4.69) is 10.6 Å². The first kappa shape index (κ1) is 25.7. The van der Waals surface area contributed by atoms with Crippen LogP contribution in [-0.2, 0) is 27.2 Å². The van der Waals surface area contributed by atoms with Gasteiger partial charge in [0.15, 0.2) is 0 Å². The van der Waals surface area contributed by atoms with Gasteiger partial charge < -0.3 is 31.7 Å². The van der Waals surface area contributed by atoms with Gasteiger partial charge in [0.2, 0.25) is 11.8 Å². The molecule has 2 rings (SSSR count). The number of rotatable bonds is 11. The third-order valence-electron chi connectivity index (χ3n) is 5.56. The highest BCUT2D eigenvalue weighted by Gasteiger charge is 2.29. The third-order valence-corrected chi connectivity index (χ3v) is 5.56. The van der Waals surface area contributed by atoms with Crippen LogP contribution in [0.15, 0.2) is 48.5 Å². The van der Waals surface area contributed by atoms with Gasteiger partial charge in [-0.1, -0.05) is 44.5 Å². The second-order valence-corrected chi connectivity index (χ2v) is 8.11. The second-order valence-electron chi connectivity index (χ2n) is 8.11. The van der Waals surface area contributed by atoms with Crippen molar-refractivity contribution in [3.63, 3.8) is 0 Å². The summed E-state index contributed by atoms with van der Waals surface area (Å²) < 4.78 is 0. The zero-order valence-electron chi connectivity index (χ0n) is 18.7. The molecule has 0 heterocycles. The summed E-state index contributed by atoms with van der Waals surface area (Å²) in [7, 11) is 0. The van der Waals surface area contributed by atoms with Crippen molar-refractivity contribution in [2.75, 3.05) is 0 Å². The molecule has 0 aliphatic carbocycles. The Bertz CT molecular complexity index is 946. The monoisotopic (exact) mass is 457 g/mol. The summed E-state index contributed by atoms with van der Waals surface area (Å²) in [4.78, 5) is 37.5. The number of aromatic hydroxyl groups is 2. The minimum atomic E-state index is -1.25. The van der Waals surface area contributed by atoms with Gasteiger partial charge in [0.25, 0.3) is 0 Å². The smallest absolute Gasteiger partial charge is 0.326 e. The number of aliphatic carboxylic acids is 1. The molecule has 2 amide bonds. The molecule has 9 nitrogen and oxygen atoms in total. The summed E-state index contributed by atoms with van der Waals surface area (Å²) in [6.07, 6.45) is 0.751. The Morgan fingerprint density at radius 1 is 0.818 bits per heavy atom. The molecule has 7 N–H and O–H groups in total. The molecule has 0 bridgehead atoms. The van der Waals surface area contributed by atoms with Crippen molar-refractivity contribution in [1.29, 1.82) is 0 Å². The van der Waals surface area contributed by atoms with Crippen LogP contribution in [0.5, 0.6) is 11.5 Å². The van der Waals surface area contributed by atoms with E-state index in [-0.39, 0.29) is 30.3 Å². The van der Waals surface area contributed by atoms with Gasteiger partial charge in [-0.3, -0.25) is 9.59 Å². The minimum Gasteiger partial charge on any atom is -0.508 e. The highest BCUT2D eigenvalue weighted by molar-refractivity contribution is 5.92. The lowest BCUT2D eigenvalue weighted by atomic mass is 9.98. The molecule has 0 radical (unpaired) electrons. The van der Waals surface area contributed by atoms with E-state index in [1.165, 1.54) is 24.3 Å². The Labute approximate surface area is 192 Å². The Balaban J connectivity index is 2.20. The van der Waals surface area contributed by atoms with Crippen molar-refractivity contribution >= 4 is 17.8 Å². The van der Waals surface area contributed by atoms with Gasteiger partial charge in [-0.25, -0.2) is 4.79 Å². The quantitative estimate of drug-likeness (QED) is 0.296. The van der Waals surface area contributed by atoms with Crippen molar-refractivity contribution in [1.82, 2.24) is 10.6 Å². The average molecular weight is 458 g/mol. The highest BCUT2D eigenvalue weighted by atomic mass is 16.4. The molecule has 4 atom stereocenters. The van der Waals surface area contributed by atoms with Crippen LogP contribution in [0.2, 0.25) is 0 Å². The van der Waals surface area contributed by atoms with Crippen LogP contribution in [-0.4, -0.2) is 51.2 Å². The van der Waals surface area contributed by atoms with Crippen molar-refractivity contribution in [2.24, 2.45) is 11.7 Å². The number of nitrogens with one attached hydrogen (secondary N) is 2. The minimum absolute atomic E-state index is 0.00634. The molecule has 0 saturated carbocycles. The van der Waals surface area contributed by atoms with Gasteiger partial charge in [0, 0.05) is 12.8 Å². The Kier molecular flexibility index (Phi) is 9.23. The molecule has 0 aliphatic rings. The summed E-state index contributed by atoms with van der Waals surface area (Å²) in [5, 5.41) is 33.7. The standard InChI is InChI=1S/C24H31N3O6/c1-3-14(2)21(25)23(31)26-19(12-15-4-8-17(28)9-5-15)22(30)27-20(24(32)33)13-16-6-10-18(29)11-7-16/h4-11,14,19-21,28-29H,3,12-13,25H2,1-2H3,(H,26,31)(H,27,30)(H,32,33)/t14-,19+,20+,21+/m1/s1. The van der Waals surface area contributed by atoms with Crippen molar-refractivity contribution in [3.05, 3.63) is 59.7 Å².